The molecule has 2 heterocycles. The first-order chi connectivity index (χ1) is 16.6. The van der Waals surface area contributed by atoms with Crippen molar-refractivity contribution >= 4 is 22.9 Å². The molecule has 1 aromatic rings. The van der Waals surface area contributed by atoms with E-state index in [0.717, 1.165) is 55.7 Å². The molecule has 2 atom stereocenters. The Morgan fingerprint density at radius 1 is 1.24 bits per heavy atom. The van der Waals surface area contributed by atoms with E-state index < -0.39 is 5.60 Å². The maximum atomic E-state index is 13.9. The van der Waals surface area contributed by atoms with Gasteiger partial charge in [0.25, 0.3) is 0 Å². The summed E-state index contributed by atoms with van der Waals surface area (Å²) in [5.41, 5.74) is 1.45. The van der Waals surface area contributed by atoms with E-state index in [2.05, 4.69) is 57.1 Å². The number of allylic oxidation sites excluding steroid dienone is 2. The molecule has 1 aromatic heterocycles. The van der Waals surface area contributed by atoms with Gasteiger partial charge in [0.05, 0.1) is 35.5 Å². The molecule has 37 heavy (non-hydrogen) atoms. The summed E-state index contributed by atoms with van der Waals surface area (Å²) in [5.74, 6) is 6.85. The minimum atomic E-state index is -0.823. The van der Waals surface area contributed by atoms with Crippen LogP contribution >= 0.6 is 11.3 Å². The van der Waals surface area contributed by atoms with E-state index in [1.165, 1.54) is 5.57 Å². The van der Waals surface area contributed by atoms with Crippen molar-refractivity contribution in [1.82, 2.24) is 0 Å². The summed E-state index contributed by atoms with van der Waals surface area (Å²) in [7, 11) is 0. The van der Waals surface area contributed by atoms with E-state index in [9.17, 15) is 9.90 Å². The van der Waals surface area contributed by atoms with Gasteiger partial charge in [0, 0.05) is 29.4 Å². The predicted octanol–water partition coefficient (Wildman–Crippen LogP) is -0.288. The number of hydrogen-bond donors (Lipinski definition) is 1. The van der Waals surface area contributed by atoms with Crippen molar-refractivity contribution in [3.05, 3.63) is 28.0 Å². The Hall–Kier alpha value is -0.455. The first-order valence-corrected chi connectivity index (χ1v) is 14.0. The molecule has 192 valence electrons. The first kappa shape index (κ1) is 32.8. The summed E-state index contributed by atoms with van der Waals surface area (Å²) in [6.45, 7) is 10.2. The Labute approximate surface area is 251 Å². The molecular weight excluding hydrogens is 472 g/mol. The number of hydrogen-bond acceptors (Lipinski definition) is 5. The first-order valence-electron chi connectivity index (χ1n) is 13.1. The van der Waals surface area contributed by atoms with Crippen molar-refractivity contribution < 1.29 is 57.1 Å². The maximum absolute atomic E-state index is 13.9. The molecule has 1 saturated heterocycles. The maximum Gasteiger partial charge on any atom is 1.00 e. The SMILES string of the molecule is CC1=CC[C@H](C(=O)N(c2csc(C#CC(C)(C)C)c2)C2CCC(O)(CO[C@H]3CCOC3)CC2)CC1.[Li+].[Li+]. The third-order valence-corrected chi connectivity index (χ3v) is 8.21. The van der Waals surface area contributed by atoms with Crippen molar-refractivity contribution in [3.63, 3.8) is 0 Å². The molecule has 4 rings (SSSR count). The summed E-state index contributed by atoms with van der Waals surface area (Å²) >= 11 is 1.61. The molecule has 2 aliphatic carbocycles. The fraction of sp³-hybridized carbons (Fsp3) is 0.690. The smallest absolute Gasteiger partial charge is 0.387 e. The molecule has 5 nitrogen and oxygen atoms in total. The fourth-order valence-electron chi connectivity index (χ4n) is 5.13. The number of carbonyl (C=O) groups is 1. The number of rotatable bonds is 6. The number of amides is 1. The zero-order chi connectivity index (χ0) is 25.1. The average molecular weight is 514 g/mol. The van der Waals surface area contributed by atoms with Gasteiger partial charge in [-0.2, -0.15) is 0 Å². The summed E-state index contributed by atoms with van der Waals surface area (Å²) in [6, 6.07) is 2.16. The second-order valence-corrected chi connectivity index (χ2v) is 12.6. The van der Waals surface area contributed by atoms with Crippen LogP contribution in [0, 0.1) is 23.2 Å². The largest absolute Gasteiger partial charge is 1.00 e. The average Bonchev–Trinajstić information content (AvgIpc) is 3.50. The zero-order valence-corrected chi connectivity index (χ0v) is 24.6. The van der Waals surface area contributed by atoms with Crippen LogP contribution in [-0.2, 0) is 14.3 Å². The molecule has 1 amide bonds. The van der Waals surface area contributed by atoms with Crippen LogP contribution in [0.25, 0.3) is 0 Å². The second kappa shape index (κ2) is 14.3. The minimum Gasteiger partial charge on any atom is -0.387 e. The Kier molecular flexibility index (Phi) is 12.6. The Balaban J connectivity index is 0.00000241. The van der Waals surface area contributed by atoms with E-state index in [-0.39, 0.29) is 67.1 Å². The normalized spacial score (nSPS) is 27.7. The predicted molar refractivity (Wildman–Crippen MR) is 142 cm³/mol. The van der Waals surface area contributed by atoms with Crippen molar-refractivity contribution in [2.45, 2.75) is 96.8 Å². The van der Waals surface area contributed by atoms with Crippen LogP contribution in [0.15, 0.2) is 23.1 Å². The Morgan fingerprint density at radius 3 is 2.57 bits per heavy atom. The van der Waals surface area contributed by atoms with Gasteiger partial charge >= 0.3 is 37.7 Å². The second-order valence-electron chi connectivity index (χ2n) is 11.7. The molecule has 3 aliphatic rings. The number of thiophene rings is 1. The van der Waals surface area contributed by atoms with Gasteiger partial charge in [-0.1, -0.05) is 23.5 Å². The van der Waals surface area contributed by atoms with Gasteiger partial charge in [-0.05, 0) is 85.1 Å². The van der Waals surface area contributed by atoms with Gasteiger partial charge in [0.1, 0.15) is 0 Å². The van der Waals surface area contributed by atoms with Crippen LogP contribution in [0.5, 0.6) is 0 Å². The van der Waals surface area contributed by atoms with Gasteiger partial charge < -0.3 is 19.5 Å². The van der Waals surface area contributed by atoms with Crippen LogP contribution in [-0.4, -0.2) is 48.6 Å². The third kappa shape index (κ3) is 9.31. The number of aliphatic hydroxyl groups is 1. The standard InChI is InChI=1S/C29H41NO4S.2Li/c1-21-5-7-22(8-6-21)27(31)30(24-17-26(35-19-24)11-13-28(2,3)4)23-9-14-29(32,15-10-23)20-34-25-12-16-33-18-25;;/h5,17,19,22-23,25,32H,6-10,12,14-16,18,20H2,1-4H3;;/q;2*+1/t22-,23?,25-,29?;;/m0../s1. The van der Waals surface area contributed by atoms with E-state index >= 15 is 0 Å². The monoisotopic (exact) mass is 513 g/mol. The molecule has 1 aliphatic heterocycles. The van der Waals surface area contributed by atoms with Crippen molar-refractivity contribution in [1.29, 1.82) is 0 Å². The molecule has 1 N–H and O–H groups in total. The van der Waals surface area contributed by atoms with Crippen LogP contribution in [0.4, 0.5) is 5.69 Å². The van der Waals surface area contributed by atoms with Crippen LogP contribution in [0.2, 0.25) is 0 Å². The van der Waals surface area contributed by atoms with Gasteiger partial charge in [0.2, 0.25) is 5.91 Å². The van der Waals surface area contributed by atoms with E-state index in [4.69, 9.17) is 9.47 Å². The summed E-state index contributed by atoms with van der Waals surface area (Å²) in [6.07, 6.45) is 8.75. The van der Waals surface area contributed by atoms with E-state index in [1.807, 2.05) is 4.90 Å². The molecule has 0 aromatic carbocycles. The third-order valence-electron chi connectivity index (χ3n) is 7.38. The molecule has 8 heteroatoms. The van der Waals surface area contributed by atoms with Gasteiger partial charge in [-0.15, -0.1) is 11.3 Å². The number of ether oxygens (including phenoxy) is 2. The molecule has 0 bridgehead atoms. The van der Waals surface area contributed by atoms with Crippen molar-refractivity contribution in [3.8, 4) is 11.8 Å². The van der Waals surface area contributed by atoms with Crippen molar-refractivity contribution in [2.24, 2.45) is 11.3 Å². The summed E-state index contributed by atoms with van der Waals surface area (Å²) in [5, 5.41) is 13.3. The minimum absolute atomic E-state index is 0. The number of anilines is 1. The van der Waals surface area contributed by atoms with Crippen LogP contribution in [0.3, 0.4) is 0 Å². The number of nitrogens with zero attached hydrogens (tertiary/aromatic N) is 1. The van der Waals surface area contributed by atoms with Crippen LogP contribution in [0.1, 0.15) is 83.9 Å². The molecule has 2 fully saturated rings. The quantitative estimate of drug-likeness (QED) is 0.323. The van der Waals surface area contributed by atoms with E-state index in [0.29, 0.717) is 26.1 Å². The Bertz CT molecular complexity index is 976. The summed E-state index contributed by atoms with van der Waals surface area (Å²) < 4.78 is 11.4. The fourth-order valence-corrected chi connectivity index (χ4v) is 5.86. The molecule has 1 saturated carbocycles. The Morgan fingerprint density at radius 2 is 1.97 bits per heavy atom. The molecular formula is C29H41Li2NO4S+2. The molecule has 0 radical (unpaired) electrons. The van der Waals surface area contributed by atoms with Crippen molar-refractivity contribution in [2.75, 3.05) is 24.7 Å². The molecule has 0 unspecified atom stereocenters. The zero-order valence-electron chi connectivity index (χ0n) is 23.8. The topological polar surface area (TPSA) is 59.0 Å². The molecule has 0 spiro atoms. The van der Waals surface area contributed by atoms with Gasteiger partial charge in [-0.3, -0.25) is 4.79 Å². The van der Waals surface area contributed by atoms with Gasteiger partial charge in [-0.25, -0.2) is 0 Å². The summed E-state index contributed by atoms with van der Waals surface area (Å²) in [4.78, 5) is 16.9. The van der Waals surface area contributed by atoms with Crippen LogP contribution < -0.4 is 42.6 Å². The number of carbonyl (C=O) groups excluding carboxylic acids is 1. The van der Waals surface area contributed by atoms with Gasteiger partial charge in [0.15, 0.2) is 0 Å². The van der Waals surface area contributed by atoms with E-state index in [1.54, 1.807) is 11.3 Å².